The van der Waals surface area contributed by atoms with Crippen LogP contribution in [0.4, 0.5) is 5.69 Å². The Bertz CT molecular complexity index is 863. The number of hydrazone groups is 1. The van der Waals surface area contributed by atoms with Crippen molar-refractivity contribution in [1.82, 2.24) is 5.43 Å². The summed E-state index contributed by atoms with van der Waals surface area (Å²) in [5.41, 5.74) is 3.89. The van der Waals surface area contributed by atoms with Crippen LogP contribution in [0.1, 0.15) is 23.7 Å². The summed E-state index contributed by atoms with van der Waals surface area (Å²) in [7, 11) is 4.58. The molecule has 0 fully saturated rings. The first-order valence-corrected chi connectivity index (χ1v) is 8.46. The third kappa shape index (κ3) is 5.73. The number of benzene rings is 2. The van der Waals surface area contributed by atoms with Gasteiger partial charge in [-0.05, 0) is 49.4 Å². The monoisotopic (exact) mass is 385 g/mol. The second-order valence-corrected chi connectivity index (χ2v) is 5.81. The van der Waals surface area contributed by atoms with Crippen LogP contribution in [0.5, 0.6) is 17.2 Å². The van der Waals surface area contributed by atoms with Crippen molar-refractivity contribution < 1.29 is 23.8 Å². The molecule has 0 heterocycles. The summed E-state index contributed by atoms with van der Waals surface area (Å²) in [5.74, 6) is 1.000. The quantitative estimate of drug-likeness (QED) is 0.538. The zero-order chi connectivity index (χ0) is 20.5. The average Bonchev–Trinajstić information content (AvgIpc) is 2.71. The molecule has 8 nitrogen and oxygen atoms in total. The molecule has 0 atom stereocenters. The fourth-order valence-electron chi connectivity index (χ4n) is 2.34. The van der Waals surface area contributed by atoms with Gasteiger partial charge in [-0.25, -0.2) is 5.43 Å². The minimum Gasteiger partial charge on any atom is -0.497 e. The predicted octanol–water partition coefficient (Wildman–Crippen LogP) is 2.85. The Morgan fingerprint density at radius 2 is 1.61 bits per heavy atom. The van der Waals surface area contributed by atoms with E-state index >= 15 is 0 Å². The van der Waals surface area contributed by atoms with E-state index in [1.54, 1.807) is 56.5 Å². The molecule has 0 aliphatic rings. The highest BCUT2D eigenvalue weighted by atomic mass is 16.5. The molecule has 2 aromatic carbocycles. The van der Waals surface area contributed by atoms with E-state index in [9.17, 15) is 9.59 Å². The van der Waals surface area contributed by atoms with E-state index in [-0.39, 0.29) is 12.3 Å². The Morgan fingerprint density at radius 3 is 2.21 bits per heavy atom. The van der Waals surface area contributed by atoms with Gasteiger partial charge >= 0.3 is 0 Å². The Labute approximate surface area is 163 Å². The first-order valence-electron chi connectivity index (χ1n) is 8.46. The van der Waals surface area contributed by atoms with Crippen molar-refractivity contribution in [2.45, 2.75) is 13.3 Å². The maximum atomic E-state index is 12.2. The summed E-state index contributed by atoms with van der Waals surface area (Å²) < 4.78 is 15.4. The van der Waals surface area contributed by atoms with Gasteiger partial charge in [-0.1, -0.05) is 0 Å². The molecular weight excluding hydrogens is 362 g/mol. The van der Waals surface area contributed by atoms with Gasteiger partial charge in [0, 0.05) is 17.0 Å². The lowest BCUT2D eigenvalue weighted by Crippen LogP contribution is -2.21. The average molecular weight is 385 g/mol. The smallest absolute Gasteiger partial charge is 0.271 e. The van der Waals surface area contributed by atoms with E-state index < -0.39 is 5.91 Å². The molecular formula is C20H23N3O5. The second-order valence-electron chi connectivity index (χ2n) is 5.81. The summed E-state index contributed by atoms with van der Waals surface area (Å²) in [6.45, 7) is 1.66. The fourth-order valence-corrected chi connectivity index (χ4v) is 2.34. The van der Waals surface area contributed by atoms with Crippen molar-refractivity contribution in [3.8, 4) is 17.2 Å². The van der Waals surface area contributed by atoms with Crippen molar-refractivity contribution in [1.29, 1.82) is 0 Å². The Balaban J connectivity index is 1.92. The Kier molecular flexibility index (Phi) is 7.38. The molecule has 0 unspecified atom stereocenters. The third-order valence-electron chi connectivity index (χ3n) is 3.78. The molecule has 0 aliphatic carbocycles. The molecule has 8 heteroatoms. The van der Waals surface area contributed by atoms with Gasteiger partial charge < -0.3 is 19.5 Å². The van der Waals surface area contributed by atoms with E-state index in [1.807, 2.05) is 0 Å². The third-order valence-corrected chi connectivity index (χ3v) is 3.78. The van der Waals surface area contributed by atoms with Gasteiger partial charge in [0.05, 0.1) is 27.8 Å². The lowest BCUT2D eigenvalue weighted by molar-refractivity contribution is -0.115. The molecule has 0 aliphatic heterocycles. The largest absolute Gasteiger partial charge is 0.497 e. The zero-order valence-electron chi connectivity index (χ0n) is 16.2. The van der Waals surface area contributed by atoms with Crippen LogP contribution in [0, 0.1) is 0 Å². The van der Waals surface area contributed by atoms with Gasteiger partial charge in [-0.15, -0.1) is 0 Å². The summed E-state index contributed by atoms with van der Waals surface area (Å²) in [6, 6.07) is 11.8. The number of carbonyl (C=O) groups excluding carboxylic acids is 2. The summed E-state index contributed by atoms with van der Waals surface area (Å²) in [4.78, 5) is 24.3. The highest BCUT2D eigenvalue weighted by Gasteiger charge is 2.11. The molecule has 28 heavy (non-hydrogen) atoms. The molecule has 2 amide bonds. The number of carbonyl (C=O) groups is 2. The molecule has 0 radical (unpaired) electrons. The maximum absolute atomic E-state index is 12.2. The second kappa shape index (κ2) is 9.96. The van der Waals surface area contributed by atoms with E-state index in [0.717, 1.165) is 0 Å². The molecule has 0 saturated heterocycles. The first kappa shape index (κ1) is 20.8. The minimum atomic E-state index is -0.420. The van der Waals surface area contributed by atoms with Crippen molar-refractivity contribution in [3.05, 3.63) is 48.0 Å². The van der Waals surface area contributed by atoms with Crippen LogP contribution in [-0.2, 0) is 4.79 Å². The lowest BCUT2D eigenvalue weighted by atomic mass is 10.2. The number of hydrogen-bond acceptors (Lipinski definition) is 6. The maximum Gasteiger partial charge on any atom is 0.271 e. The normalized spacial score (nSPS) is 10.8. The van der Waals surface area contributed by atoms with Crippen molar-refractivity contribution in [2.24, 2.45) is 5.10 Å². The van der Waals surface area contributed by atoms with E-state index in [4.69, 9.17) is 14.2 Å². The van der Waals surface area contributed by atoms with Gasteiger partial charge in [0.15, 0.2) is 11.5 Å². The number of nitrogens with one attached hydrogen (secondary N) is 2. The van der Waals surface area contributed by atoms with E-state index in [2.05, 4.69) is 15.8 Å². The van der Waals surface area contributed by atoms with Crippen LogP contribution in [-0.4, -0.2) is 38.9 Å². The van der Waals surface area contributed by atoms with Crippen molar-refractivity contribution >= 4 is 23.2 Å². The van der Waals surface area contributed by atoms with Crippen molar-refractivity contribution in [2.75, 3.05) is 26.6 Å². The van der Waals surface area contributed by atoms with Gasteiger partial charge in [-0.2, -0.15) is 5.10 Å². The molecule has 0 spiro atoms. The van der Waals surface area contributed by atoms with Crippen LogP contribution in [0.15, 0.2) is 47.6 Å². The van der Waals surface area contributed by atoms with Crippen LogP contribution < -0.4 is 25.0 Å². The van der Waals surface area contributed by atoms with Gasteiger partial charge in [0.1, 0.15) is 5.75 Å². The molecule has 0 saturated carbocycles. The molecule has 0 bridgehead atoms. The lowest BCUT2D eigenvalue weighted by Gasteiger charge is -2.09. The number of amides is 2. The van der Waals surface area contributed by atoms with Crippen LogP contribution in [0.25, 0.3) is 0 Å². The molecule has 2 aromatic rings. The van der Waals surface area contributed by atoms with Crippen LogP contribution in [0.2, 0.25) is 0 Å². The molecule has 2 rings (SSSR count). The summed E-state index contributed by atoms with van der Waals surface area (Å²) >= 11 is 0. The van der Waals surface area contributed by atoms with E-state index in [0.29, 0.717) is 34.2 Å². The zero-order valence-corrected chi connectivity index (χ0v) is 16.2. The number of rotatable bonds is 8. The number of ether oxygens (including phenoxy) is 3. The number of hydrogen-bond donors (Lipinski definition) is 2. The highest BCUT2D eigenvalue weighted by Crippen LogP contribution is 2.27. The topological polar surface area (TPSA) is 98.2 Å². The molecule has 148 valence electrons. The van der Waals surface area contributed by atoms with Gasteiger partial charge in [-0.3, -0.25) is 9.59 Å². The van der Waals surface area contributed by atoms with Crippen LogP contribution in [0.3, 0.4) is 0 Å². The van der Waals surface area contributed by atoms with Crippen molar-refractivity contribution in [3.63, 3.8) is 0 Å². The number of nitrogens with zero attached hydrogens (tertiary/aromatic N) is 1. The first-order chi connectivity index (χ1) is 13.5. The molecule has 2 N–H and O–H groups in total. The van der Waals surface area contributed by atoms with E-state index in [1.165, 1.54) is 14.2 Å². The standard InChI is InChI=1S/C20H23N3O5/c1-13(11-19(24)21-15-6-8-16(26-2)9-7-15)22-23-20(25)14-5-10-17(27-3)18(12-14)28-4/h5-10,12H,11H2,1-4H3,(H,21,24)(H,23,25)/b22-13+. The van der Waals surface area contributed by atoms with Gasteiger partial charge in [0.25, 0.3) is 5.91 Å². The van der Waals surface area contributed by atoms with Gasteiger partial charge in [0.2, 0.25) is 5.91 Å². The number of methoxy groups -OCH3 is 3. The number of anilines is 1. The Hall–Kier alpha value is -3.55. The fraction of sp³-hybridized carbons (Fsp3) is 0.250. The Morgan fingerprint density at radius 1 is 0.929 bits per heavy atom. The molecule has 0 aromatic heterocycles. The summed E-state index contributed by atoms with van der Waals surface area (Å²) in [5, 5.41) is 6.72. The predicted molar refractivity (Wildman–Crippen MR) is 106 cm³/mol. The minimum absolute atomic E-state index is 0.0399. The van der Waals surface area contributed by atoms with Crippen LogP contribution >= 0.6 is 0 Å². The summed E-state index contributed by atoms with van der Waals surface area (Å²) in [6.07, 6.45) is 0.0399. The highest BCUT2D eigenvalue weighted by molar-refractivity contribution is 6.06. The SMILES string of the molecule is COc1ccc(NC(=O)C/C(C)=N/NC(=O)c2ccc(OC)c(OC)c2)cc1.